The minimum absolute atomic E-state index is 0.179. The Morgan fingerprint density at radius 2 is 1.85 bits per heavy atom. The molecule has 0 N–H and O–H groups in total. The van der Waals surface area contributed by atoms with E-state index < -0.39 is 10.0 Å². The predicted octanol–water partition coefficient (Wildman–Crippen LogP) is 1.08. The van der Waals surface area contributed by atoms with Gasteiger partial charge in [0, 0.05) is 20.1 Å². The number of carbonyl (C=O) groups is 1. The van der Waals surface area contributed by atoms with Crippen LogP contribution in [0.15, 0.2) is 29.2 Å². The van der Waals surface area contributed by atoms with Crippen LogP contribution in [-0.2, 0) is 21.9 Å². The molecule has 0 radical (unpaired) electrons. The minimum Gasteiger partial charge on any atom is -0.495 e. The van der Waals surface area contributed by atoms with Gasteiger partial charge in [-0.3, -0.25) is 9.48 Å². The molecule has 1 aromatic carbocycles. The average molecular weight is 378 g/mol. The molecule has 3 rings (SSSR count). The summed E-state index contributed by atoms with van der Waals surface area (Å²) in [5.74, 6) is 0.291. The number of sulfonamides is 1. The number of para-hydroxylation sites is 2. The largest absolute Gasteiger partial charge is 0.495 e. The first-order chi connectivity index (χ1) is 12.3. The van der Waals surface area contributed by atoms with Gasteiger partial charge in [-0.2, -0.15) is 9.40 Å². The van der Waals surface area contributed by atoms with E-state index >= 15 is 0 Å². The molecule has 2 heterocycles. The van der Waals surface area contributed by atoms with Crippen LogP contribution in [0.25, 0.3) is 0 Å². The van der Waals surface area contributed by atoms with Gasteiger partial charge >= 0.3 is 0 Å². The second kappa shape index (κ2) is 6.73. The van der Waals surface area contributed by atoms with E-state index in [0.717, 1.165) is 0 Å². The molecule has 2 aromatic rings. The zero-order valence-corrected chi connectivity index (χ0v) is 16.1. The SMILES string of the molecule is COc1ccccc1N1CCN(S(=O)(=O)c2c(C)nn(C)c2C)CC1=O. The minimum atomic E-state index is -3.79. The summed E-state index contributed by atoms with van der Waals surface area (Å²) >= 11 is 0. The van der Waals surface area contributed by atoms with E-state index in [1.54, 1.807) is 37.9 Å². The highest BCUT2D eigenvalue weighted by Gasteiger charge is 2.36. The fourth-order valence-electron chi connectivity index (χ4n) is 3.22. The maximum Gasteiger partial charge on any atom is 0.247 e. The molecule has 9 heteroatoms. The lowest BCUT2D eigenvalue weighted by Crippen LogP contribution is -2.52. The third-order valence-electron chi connectivity index (χ3n) is 4.60. The molecule has 140 valence electrons. The van der Waals surface area contributed by atoms with Gasteiger partial charge in [0.1, 0.15) is 10.6 Å². The van der Waals surface area contributed by atoms with Crippen LogP contribution in [0.1, 0.15) is 11.4 Å². The van der Waals surface area contributed by atoms with Crippen molar-refractivity contribution in [3.05, 3.63) is 35.7 Å². The standard InChI is InChI=1S/C17H22N4O4S/c1-12-17(13(2)19(3)18-12)26(23,24)20-9-10-21(16(22)11-20)14-7-5-6-8-15(14)25-4/h5-8H,9-11H2,1-4H3. The summed E-state index contributed by atoms with van der Waals surface area (Å²) in [6, 6.07) is 7.20. The van der Waals surface area contributed by atoms with Gasteiger partial charge in [-0.25, -0.2) is 8.42 Å². The molecule has 0 unspecified atom stereocenters. The maximum atomic E-state index is 13.0. The number of amides is 1. The first-order valence-corrected chi connectivity index (χ1v) is 9.65. The maximum absolute atomic E-state index is 13.0. The quantitative estimate of drug-likeness (QED) is 0.795. The molecule has 1 aromatic heterocycles. The Kier molecular flexibility index (Phi) is 4.76. The molecule has 1 aliphatic heterocycles. The van der Waals surface area contributed by atoms with Crippen molar-refractivity contribution in [3.8, 4) is 5.75 Å². The lowest BCUT2D eigenvalue weighted by Gasteiger charge is -2.34. The Bertz CT molecular complexity index is 952. The van der Waals surface area contributed by atoms with Crippen molar-refractivity contribution in [1.29, 1.82) is 0 Å². The van der Waals surface area contributed by atoms with E-state index in [0.29, 0.717) is 22.8 Å². The summed E-state index contributed by atoms with van der Waals surface area (Å²) in [6.07, 6.45) is 0. The smallest absolute Gasteiger partial charge is 0.247 e. The topological polar surface area (TPSA) is 84.7 Å². The zero-order valence-electron chi connectivity index (χ0n) is 15.3. The summed E-state index contributed by atoms with van der Waals surface area (Å²) < 4.78 is 34.1. The molecule has 1 saturated heterocycles. The number of aromatic nitrogens is 2. The average Bonchev–Trinajstić information content (AvgIpc) is 2.87. The van der Waals surface area contributed by atoms with Crippen molar-refractivity contribution in [1.82, 2.24) is 14.1 Å². The van der Waals surface area contributed by atoms with E-state index in [1.165, 1.54) is 16.1 Å². The molecule has 0 atom stereocenters. The number of carbonyl (C=O) groups excluding carboxylic acids is 1. The van der Waals surface area contributed by atoms with Gasteiger partial charge in [0.15, 0.2) is 0 Å². The van der Waals surface area contributed by atoms with Crippen molar-refractivity contribution in [2.24, 2.45) is 7.05 Å². The van der Waals surface area contributed by atoms with Crippen LogP contribution >= 0.6 is 0 Å². The van der Waals surface area contributed by atoms with E-state index in [1.807, 2.05) is 12.1 Å². The van der Waals surface area contributed by atoms with Crippen LogP contribution in [0.4, 0.5) is 5.69 Å². The Hall–Kier alpha value is -2.39. The Morgan fingerprint density at radius 1 is 1.15 bits per heavy atom. The molecule has 8 nitrogen and oxygen atoms in total. The fraction of sp³-hybridized carbons (Fsp3) is 0.412. The van der Waals surface area contributed by atoms with Crippen molar-refractivity contribution in [2.75, 3.05) is 31.6 Å². The molecule has 26 heavy (non-hydrogen) atoms. The molecular formula is C17H22N4O4S. The van der Waals surface area contributed by atoms with Crippen LogP contribution in [0.5, 0.6) is 5.75 Å². The number of ether oxygens (including phenoxy) is 1. The third-order valence-corrected chi connectivity index (χ3v) is 6.70. The second-order valence-corrected chi connectivity index (χ2v) is 8.05. The van der Waals surface area contributed by atoms with Gasteiger partial charge in [0.2, 0.25) is 15.9 Å². The van der Waals surface area contributed by atoms with Crippen molar-refractivity contribution >= 4 is 21.6 Å². The van der Waals surface area contributed by atoms with Gasteiger partial charge in [0.05, 0.1) is 30.7 Å². The number of anilines is 1. The lowest BCUT2D eigenvalue weighted by atomic mass is 10.2. The third kappa shape index (κ3) is 2.97. The number of hydrogen-bond donors (Lipinski definition) is 0. The molecule has 1 fully saturated rings. The van der Waals surface area contributed by atoms with Gasteiger partial charge in [-0.1, -0.05) is 12.1 Å². The molecule has 0 saturated carbocycles. The number of nitrogens with zero attached hydrogens (tertiary/aromatic N) is 4. The number of benzene rings is 1. The molecule has 0 spiro atoms. The summed E-state index contributed by atoms with van der Waals surface area (Å²) in [6.45, 7) is 3.62. The highest BCUT2D eigenvalue weighted by atomic mass is 32.2. The molecule has 1 aliphatic rings. The first kappa shape index (κ1) is 18.4. The van der Waals surface area contributed by atoms with Gasteiger partial charge < -0.3 is 9.64 Å². The monoisotopic (exact) mass is 378 g/mol. The summed E-state index contributed by atoms with van der Waals surface area (Å²) in [5, 5.41) is 4.17. The van der Waals surface area contributed by atoms with Gasteiger partial charge in [-0.15, -0.1) is 0 Å². The van der Waals surface area contributed by atoms with Crippen LogP contribution in [0.3, 0.4) is 0 Å². The van der Waals surface area contributed by atoms with E-state index in [-0.39, 0.29) is 30.4 Å². The molecule has 0 aliphatic carbocycles. The van der Waals surface area contributed by atoms with Crippen molar-refractivity contribution in [3.63, 3.8) is 0 Å². The zero-order chi connectivity index (χ0) is 19.1. The number of rotatable bonds is 4. The summed E-state index contributed by atoms with van der Waals surface area (Å²) in [4.78, 5) is 14.4. The van der Waals surface area contributed by atoms with Gasteiger partial charge in [0.25, 0.3) is 0 Å². The van der Waals surface area contributed by atoms with Crippen LogP contribution in [0.2, 0.25) is 0 Å². The van der Waals surface area contributed by atoms with E-state index in [4.69, 9.17) is 4.74 Å². The van der Waals surface area contributed by atoms with Crippen LogP contribution < -0.4 is 9.64 Å². The van der Waals surface area contributed by atoms with Crippen LogP contribution in [-0.4, -0.2) is 55.2 Å². The van der Waals surface area contributed by atoms with Crippen molar-refractivity contribution < 1.29 is 17.9 Å². The van der Waals surface area contributed by atoms with E-state index in [2.05, 4.69) is 5.10 Å². The highest BCUT2D eigenvalue weighted by molar-refractivity contribution is 7.89. The Morgan fingerprint density at radius 3 is 2.42 bits per heavy atom. The van der Waals surface area contributed by atoms with E-state index in [9.17, 15) is 13.2 Å². The first-order valence-electron chi connectivity index (χ1n) is 8.21. The number of aryl methyl sites for hydroxylation is 2. The fourth-order valence-corrected chi connectivity index (χ4v) is 5.00. The van der Waals surface area contributed by atoms with Crippen molar-refractivity contribution in [2.45, 2.75) is 18.7 Å². The highest BCUT2D eigenvalue weighted by Crippen LogP contribution is 2.30. The lowest BCUT2D eigenvalue weighted by molar-refractivity contribution is -0.120. The number of methoxy groups -OCH3 is 1. The van der Waals surface area contributed by atoms with Crippen LogP contribution in [0, 0.1) is 13.8 Å². The Labute approximate surface area is 153 Å². The molecule has 0 bridgehead atoms. The summed E-state index contributed by atoms with van der Waals surface area (Å²) in [7, 11) is -0.545. The molecular weight excluding hydrogens is 356 g/mol. The predicted molar refractivity (Wildman–Crippen MR) is 96.8 cm³/mol. The number of piperazine rings is 1. The second-order valence-electron chi connectivity index (χ2n) is 6.18. The normalized spacial score (nSPS) is 16.2. The summed E-state index contributed by atoms with van der Waals surface area (Å²) in [5.41, 5.74) is 1.64. The number of hydrogen-bond acceptors (Lipinski definition) is 5. The Balaban J connectivity index is 1.88. The molecule has 1 amide bonds. The van der Waals surface area contributed by atoms with Gasteiger partial charge in [-0.05, 0) is 26.0 Å².